The van der Waals surface area contributed by atoms with Gasteiger partial charge in [0.15, 0.2) is 0 Å². The summed E-state index contributed by atoms with van der Waals surface area (Å²) < 4.78 is 42.6. The molecule has 3 aliphatic carbocycles. The Kier molecular flexibility index (Phi) is 6.80. The predicted molar refractivity (Wildman–Crippen MR) is 153 cm³/mol. The number of hydrogen-bond acceptors (Lipinski definition) is 6. The minimum Gasteiger partial charge on any atom is -0.324 e. The average Bonchev–Trinajstić information content (AvgIpc) is 3.83. The van der Waals surface area contributed by atoms with Crippen molar-refractivity contribution in [3.63, 3.8) is 0 Å². The lowest BCUT2D eigenvalue weighted by molar-refractivity contribution is -0.196. The van der Waals surface area contributed by atoms with Crippen LogP contribution in [0.2, 0.25) is 0 Å². The summed E-state index contributed by atoms with van der Waals surface area (Å²) in [5.41, 5.74) is 0.266. The number of carbonyl (C=O) groups excluding carboxylic acids is 1. The van der Waals surface area contributed by atoms with Crippen molar-refractivity contribution < 1.29 is 17.8 Å². The fourth-order valence-corrected chi connectivity index (χ4v) is 8.54. The Morgan fingerprint density at radius 2 is 1.77 bits per heavy atom. The van der Waals surface area contributed by atoms with Crippen LogP contribution in [0, 0.1) is 11.3 Å². The van der Waals surface area contributed by atoms with Gasteiger partial charge in [0.05, 0.1) is 22.8 Å². The number of nitrogens with one attached hydrogen (secondary N) is 1. The fraction of sp³-hybridized carbons (Fsp3) is 0.633. The molecule has 1 N–H and O–H groups in total. The third-order valence-corrected chi connectivity index (χ3v) is 11.4. The summed E-state index contributed by atoms with van der Waals surface area (Å²) in [6.07, 6.45) is 6.88. The standard InChI is InChI=1S/C28H33F2N5O2S.C2H6/c1-17(18-3-4-18)35-23-22(27(9-10-27)24(35)36)15-31-25(33-23)32-19-5-7-20(8-6-19)38(37)21-13-26(14-21)11-12-34(2)16-28(26,29)30;1-2/h5-8,15,17-18,21H,3-4,9-14,16H2,1-2H3,(H,31,32,33);1-2H3. The largest absolute Gasteiger partial charge is 0.324 e. The maximum absolute atomic E-state index is 14.7. The molecule has 5 aliphatic rings. The van der Waals surface area contributed by atoms with E-state index < -0.39 is 27.6 Å². The van der Waals surface area contributed by atoms with Gasteiger partial charge in [-0.3, -0.25) is 13.9 Å². The van der Waals surface area contributed by atoms with Gasteiger partial charge in [0.1, 0.15) is 5.82 Å². The van der Waals surface area contributed by atoms with Crippen molar-refractivity contribution in [2.45, 2.75) is 93.2 Å². The summed E-state index contributed by atoms with van der Waals surface area (Å²) in [5.74, 6) is -0.883. The molecule has 1 saturated heterocycles. The van der Waals surface area contributed by atoms with E-state index in [2.05, 4.69) is 17.2 Å². The van der Waals surface area contributed by atoms with Gasteiger partial charge >= 0.3 is 0 Å². The summed E-state index contributed by atoms with van der Waals surface area (Å²) in [4.78, 5) is 26.8. The van der Waals surface area contributed by atoms with Gasteiger partial charge in [0, 0.05) is 39.0 Å². The first-order valence-electron chi connectivity index (χ1n) is 14.7. The van der Waals surface area contributed by atoms with Crippen LogP contribution in [0.4, 0.5) is 26.2 Å². The molecular weight excluding hydrogens is 532 g/mol. The maximum Gasteiger partial charge on any atom is 0.266 e. The number of anilines is 3. The Morgan fingerprint density at radius 3 is 2.38 bits per heavy atom. The number of likely N-dealkylation sites (tertiary alicyclic amines) is 1. The molecule has 1 aromatic carbocycles. The molecule has 7 rings (SSSR count). The number of alkyl halides is 2. The Morgan fingerprint density at radius 1 is 1.10 bits per heavy atom. The molecule has 7 nitrogen and oxygen atoms in total. The molecule has 0 bridgehead atoms. The molecule has 216 valence electrons. The average molecular weight is 572 g/mol. The first kappa shape index (κ1) is 27.7. The Hall–Kier alpha value is -2.46. The van der Waals surface area contributed by atoms with E-state index in [1.165, 1.54) is 0 Å². The molecule has 2 aliphatic heterocycles. The lowest BCUT2D eigenvalue weighted by Crippen LogP contribution is -2.62. The van der Waals surface area contributed by atoms with Crippen LogP contribution < -0.4 is 10.2 Å². The highest BCUT2D eigenvalue weighted by molar-refractivity contribution is 7.85. The topological polar surface area (TPSA) is 78.4 Å². The molecule has 2 atom stereocenters. The normalized spacial score (nSPS) is 29.3. The number of piperidine rings is 1. The van der Waals surface area contributed by atoms with Gasteiger partial charge in [-0.25, -0.2) is 13.8 Å². The van der Waals surface area contributed by atoms with Crippen molar-refractivity contribution >= 4 is 34.2 Å². The maximum atomic E-state index is 14.7. The van der Waals surface area contributed by atoms with Crippen molar-refractivity contribution in [2.75, 3.05) is 30.4 Å². The zero-order chi connectivity index (χ0) is 28.4. The number of carbonyl (C=O) groups is 1. The molecule has 2 unspecified atom stereocenters. The summed E-state index contributed by atoms with van der Waals surface area (Å²) >= 11 is 0. The third kappa shape index (κ3) is 4.37. The number of rotatable bonds is 6. The summed E-state index contributed by atoms with van der Waals surface area (Å²) in [5, 5.41) is 2.98. The van der Waals surface area contributed by atoms with Crippen LogP contribution in [0.15, 0.2) is 35.4 Å². The van der Waals surface area contributed by atoms with Crippen molar-refractivity contribution in [2.24, 2.45) is 11.3 Å². The van der Waals surface area contributed by atoms with Crippen LogP contribution in [0.25, 0.3) is 0 Å². The number of halogens is 2. The summed E-state index contributed by atoms with van der Waals surface area (Å²) in [6, 6.07) is 7.35. The lowest BCUT2D eigenvalue weighted by atomic mass is 9.60. The van der Waals surface area contributed by atoms with Gasteiger partial charge in [-0.1, -0.05) is 13.8 Å². The van der Waals surface area contributed by atoms with Gasteiger partial charge in [-0.15, -0.1) is 0 Å². The number of hydrogen-bond donors (Lipinski definition) is 1. The molecule has 3 heterocycles. The molecule has 40 heavy (non-hydrogen) atoms. The first-order valence-corrected chi connectivity index (χ1v) is 15.9. The number of nitrogens with zero attached hydrogens (tertiary/aromatic N) is 4. The van der Waals surface area contributed by atoms with Crippen molar-refractivity contribution in [3.05, 3.63) is 36.0 Å². The van der Waals surface area contributed by atoms with E-state index in [4.69, 9.17) is 4.98 Å². The highest BCUT2D eigenvalue weighted by atomic mass is 32.2. The van der Waals surface area contributed by atoms with Crippen LogP contribution >= 0.6 is 0 Å². The van der Waals surface area contributed by atoms with E-state index in [-0.39, 0.29) is 23.7 Å². The van der Waals surface area contributed by atoms with Gasteiger partial charge in [0.25, 0.3) is 5.92 Å². The van der Waals surface area contributed by atoms with Crippen LogP contribution in [-0.4, -0.2) is 62.3 Å². The SMILES string of the molecule is CC.CC(C1CC1)N1C(=O)C2(CC2)c2cnc(Nc3ccc(S(=O)C4CC5(CCN(C)CC5(F)F)C4)cc3)nc21. The highest BCUT2D eigenvalue weighted by Crippen LogP contribution is 2.59. The second-order valence-corrected chi connectivity index (χ2v) is 13.9. The third-order valence-electron chi connectivity index (χ3n) is 9.70. The van der Waals surface area contributed by atoms with Gasteiger partial charge in [-0.2, -0.15) is 4.98 Å². The van der Waals surface area contributed by atoms with Crippen LogP contribution in [0.3, 0.4) is 0 Å². The van der Waals surface area contributed by atoms with E-state index in [0.29, 0.717) is 42.6 Å². The molecule has 3 saturated carbocycles. The molecule has 1 aromatic heterocycles. The Balaban J connectivity index is 0.00000142. The van der Waals surface area contributed by atoms with E-state index >= 15 is 0 Å². The quantitative estimate of drug-likeness (QED) is 0.483. The summed E-state index contributed by atoms with van der Waals surface area (Å²) in [7, 11) is 0.398. The molecule has 10 heteroatoms. The highest BCUT2D eigenvalue weighted by Gasteiger charge is 2.63. The number of benzene rings is 1. The zero-order valence-corrected chi connectivity index (χ0v) is 24.6. The minimum atomic E-state index is -2.74. The number of aromatic nitrogens is 2. The van der Waals surface area contributed by atoms with E-state index in [1.807, 2.05) is 30.9 Å². The monoisotopic (exact) mass is 571 g/mol. The lowest BCUT2D eigenvalue weighted by Gasteiger charge is -2.55. The molecular formula is C30H39F2N5O2S. The molecule has 0 radical (unpaired) electrons. The second-order valence-electron chi connectivity index (χ2n) is 12.2. The number of fused-ring (bicyclic) bond motifs is 2. The van der Waals surface area contributed by atoms with Crippen LogP contribution in [0.1, 0.15) is 71.3 Å². The second kappa shape index (κ2) is 9.82. The van der Waals surface area contributed by atoms with Crippen molar-refractivity contribution in [1.29, 1.82) is 0 Å². The van der Waals surface area contributed by atoms with E-state index in [9.17, 15) is 17.8 Å². The minimum absolute atomic E-state index is 0.137. The molecule has 2 aromatic rings. The van der Waals surface area contributed by atoms with Crippen LogP contribution in [0.5, 0.6) is 0 Å². The van der Waals surface area contributed by atoms with Gasteiger partial charge in [0.2, 0.25) is 11.9 Å². The Labute approximate surface area is 237 Å². The number of amides is 1. The molecule has 2 spiro atoms. The van der Waals surface area contributed by atoms with Crippen molar-refractivity contribution in [3.8, 4) is 0 Å². The Bertz CT molecular complexity index is 1320. The smallest absolute Gasteiger partial charge is 0.266 e. The molecule has 4 fully saturated rings. The van der Waals surface area contributed by atoms with E-state index in [1.54, 1.807) is 30.3 Å². The fourth-order valence-electron chi connectivity index (χ4n) is 6.81. The van der Waals surface area contributed by atoms with Gasteiger partial charge in [-0.05, 0) is 95.6 Å². The summed E-state index contributed by atoms with van der Waals surface area (Å²) in [6.45, 7) is 6.56. The van der Waals surface area contributed by atoms with Gasteiger partial charge < -0.3 is 10.2 Å². The zero-order valence-electron chi connectivity index (χ0n) is 23.8. The van der Waals surface area contributed by atoms with Crippen LogP contribution in [-0.2, 0) is 21.0 Å². The van der Waals surface area contributed by atoms with Crippen molar-refractivity contribution in [1.82, 2.24) is 14.9 Å². The van der Waals surface area contributed by atoms with E-state index in [0.717, 1.165) is 42.8 Å². The predicted octanol–water partition coefficient (Wildman–Crippen LogP) is 5.65. The molecule has 1 amide bonds. The first-order chi connectivity index (χ1) is 19.1.